The molecule has 1 fully saturated rings. The molecule has 1 aliphatic rings. The number of carbonyl (C=O) groups excluding carboxylic acids is 4. The Bertz CT molecular complexity index is 1530. The molecule has 3 aromatic rings. The van der Waals surface area contributed by atoms with Gasteiger partial charge in [0.15, 0.2) is 0 Å². The Morgan fingerprint density at radius 2 is 1.95 bits per heavy atom. The predicted octanol–water partition coefficient (Wildman–Crippen LogP) is 5.28. The summed E-state index contributed by atoms with van der Waals surface area (Å²) in [6.45, 7) is 1.07. The fourth-order valence-corrected chi connectivity index (χ4v) is 4.54. The largest absolute Gasteiger partial charge is 0.465 e. The van der Waals surface area contributed by atoms with Crippen LogP contribution in [0.15, 0.2) is 57.9 Å². The number of furan rings is 1. The normalized spacial score (nSPS) is 14.2. The van der Waals surface area contributed by atoms with E-state index in [1.165, 1.54) is 37.5 Å². The summed E-state index contributed by atoms with van der Waals surface area (Å²) in [6.07, 6.45) is 1.36. The Morgan fingerprint density at radius 1 is 1.18 bits per heavy atom. The molecule has 0 unspecified atom stereocenters. The summed E-state index contributed by atoms with van der Waals surface area (Å²) < 4.78 is 10.4. The average molecular weight is 556 g/mol. The monoisotopic (exact) mass is 555 g/mol. The highest BCUT2D eigenvalue weighted by atomic mass is 35.5. The molecule has 38 heavy (non-hydrogen) atoms. The van der Waals surface area contributed by atoms with Gasteiger partial charge >= 0.3 is 5.97 Å². The summed E-state index contributed by atoms with van der Waals surface area (Å²) in [7, 11) is 1.19. The van der Waals surface area contributed by atoms with Gasteiger partial charge in [-0.05, 0) is 49.0 Å². The lowest BCUT2D eigenvalue weighted by molar-refractivity contribution is -0.385. The number of rotatable bonds is 7. The van der Waals surface area contributed by atoms with E-state index in [9.17, 15) is 29.3 Å². The number of hydrogen-bond acceptors (Lipinski definition) is 9. The first-order valence-electron chi connectivity index (χ1n) is 10.9. The van der Waals surface area contributed by atoms with Crippen LogP contribution in [0.5, 0.6) is 0 Å². The van der Waals surface area contributed by atoms with Gasteiger partial charge in [0.05, 0.1) is 27.5 Å². The number of thioether (sulfide) groups is 1. The van der Waals surface area contributed by atoms with Crippen LogP contribution in [-0.2, 0) is 14.3 Å². The van der Waals surface area contributed by atoms with Crippen LogP contribution in [0.2, 0.25) is 5.02 Å². The molecule has 0 spiro atoms. The lowest BCUT2D eigenvalue weighted by atomic mass is 10.1. The van der Waals surface area contributed by atoms with Gasteiger partial charge in [-0.2, -0.15) is 0 Å². The number of anilines is 1. The van der Waals surface area contributed by atoms with Crippen molar-refractivity contribution in [2.45, 2.75) is 6.92 Å². The van der Waals surface area contributed by atoms with Gasteiger partial charge in [-0.15, -0.1) is 0 Å². The number of esters is 1. The summed E-state index contributed by atoms with van der Waals surface area (Å²) >= 11 is 6.61. The van der Waals surface area contributed by atoms with Crippen molar-refractivity contribution in [2.75, 3.05) is 19.0 Å². The third-order valence-electron chi connectivity index (χ3n) is 5.42. The first-order chi connectivity index (χ1) is 18.1. The molecule has 2 heterocycles. The Kier molecular flexibility index (Phi) is 7.65. The summed E-state index contributed by atoms with van der Waals surface area (Å²) in [4.78, 5) is 61.1. The number of aryl methyl sites for hydroxylation is 1. The Balaban J connectivity index is 1.46. The number of ether oxygens (including phenoxy) is 1. The van der Waals surface area contributed by atoms with E-state index in [4.69, 9.17) is 16.0 Å². The number of nitro groups is 1. The van der Waals surface area contributed by atoms with Crippen LogP contribution in [-0.4, -0.2) is 46.5 Å². The van der Waals surface area contributed by atoms with Crippen molar-refractivity contribution in [1.82, 2.24) is 4.90 Å². The third kappa shape index (κ3) is 5.61. The Labute approximate surface area is 224 Å². The molecule has 2 aromatic carbocycles. The highest BCUT2D eigenvalue weighted by Gasteiger charge is 2.36. The summed E-state index contributed by atoms with van der Waals surface area (Å²) in [5.41, 5.74) is 1.19. The van der Waals surface area contributed by atoms with Gasteiger partial charge in [0.25, 0.3) is 16.8 Å². The first kappa shape index (κ1) is 26.6. The van der Waals surface area contributed by atoms with Crippen molar-refractivity contribution in [3.8, 4) is 11.3 Å². The first-order valence-corrected chi connectivity index (χ1v) is 12.0. The van der Waals surface area contributed by atoms with E-state index in [0.717, 1.165) is 4.90 Å². The summed E-state index contributed by atoms with van der Waals surface area (Å²) in [5.74, 6) is -1.47. The molecule has 0 atom stereocenters. The molecule has 0 aliphatic carbocycles. The van der Waals surface area contributed by atoms with Gasteiger partial charge < -0.3 is 14.5 Å². The number of methoxy groups -OCH3 is 1. The third-order valence-corrected chi connectivity index (χ3v) is 6.66. The van der Waals surface area contributed by atoms with Crippen molar-refractivity contribution in [1.29, 1.82) is 0 Å². The lowest BCUT2D eigenvalue weighted by Gasteiger charge is -2.13. The van der Waals surface area contributed by atoms with Crippen molar-refractivity contribution in [3.63, 3.8) is 0 Å². The number of imide groups is 1. The number of benzene rings is 2. The van der Waals surface area contributed by atoms with E-state index in [2.05, 4.69) is 10.1 Å². The number of halogens is 1. The molecule has 0 bridgehead atoms. The number of nitrogens with one attached hydrogen (secondary N) is 1. The Morgan fingerprint density at radius 3 is 2.66 bits per heavy atom. The molecule has 0 radical (unpaired) electrons. The van der Waals surface area contributed by atoms with Gasteiger partial charge in [0.2, 0.25) is 5.91 Å². The van der Waals surface area contributed by atoms with E-state index in [0.29, 0.717) is 28.6 Å². The number of hydrogen-bond donors (Lipinski definition) is 1. The van der Waals surface area contributed by atoms with Gasteiger partial charge in [0.1, 0.15) is 18.1 Å². The van der Waals surface area contributed by atoms with E-state index in [1.807, 2.05) is 0 Å². The highest BCUT2D eigenvalue weighted by molar-refractivity contribution is 8.18. The van der Waals surface area contributed by atoms with Gasteiger partial charge in [-0.25, -0.2) is 4.79 Å². The van der Waals surface area contributed by atoms with Crippen LogP contribution < -0.4 is 5.32 Å². The summed E-state index contributed by atoms with van der Waals surface area (Å²) in [6, 6.07) is 12.0. The minimum absolute atomic E-state index is 0.0399. The number of nitro benzene ring substituents is 1. The van der Waals surface area contributed by atoms with Gasteiger partial charge in [-0.3, -0.25) is 29.4 Å². The van der Waals surface area contributed by atoms with Crippen LogP contribution in [0.25, 0.3) is 17.4 Å². The maximum absolute atomic E-state index is 12.8. The molecule has 1 aliphatic heterocycles. The van der Waals surface area contributed by atoms with Crippen molar-refractivity contribution < 1.29 is 33.3 Å². The number of nitrogens with zero attached hydrogens (tertiary/aromatic N) is 2. The van der Waals surface area contributed by atoms with Gasteiger partial charge in [0, 0.05) is 29.0 Å². The molecule has 1 N–H and O–H groups in total. The highest BCUT2D eigenvalue weighted by Crippen LogP contribution is 2.34. The summed E-state index contributed by atoms with van der Waals surface area (Å²) in [5, 5.41) is 13.2. The molecule has 4 rings (SSSR count). The van der Waals surface area contributed by atoms with Crippen LogP contribution in [0.3, 0.4) is 0 Å². The molecule has 1 aromatic heterocycles. The fourth-order valence-electron chi connectivity index (χ4n) is 3.52. The molecular formula is C25H18ClN3O8S. The van der Waals surface area contributed by atoms with Crippen LogP contribution in [0.1, 0.15) is 21.7 Å². The van der Waals surface area contributed by atoms with Crippen LogP contribution in [0, 0.1) is 17.0 Å². The van der Waals surface area contributed by atoms with Crippen LogP contribution >= 0.6 is 23.4 Å². The fraction of sp³-hybridized carbons (Fsp3) is 0.120. The Hall–Kier alpha value is -4.42. The average Bonchev–Trinajstić information content (AvgIpc) is 3.45. The van der Waals surface area contributed by atoms with Gasteiger partial charge in [-0.1, -0.05) is 23.7 Å². The second-order valence-electron chi connectivity index (χ2n) is 7.96. The van der Waals surface area contributed by atoms with E-state index in [1.54, 1.807) is 31.2 Å². The predicted molar refractivity (Wildman–Crippen MR) is 140 cm³/mol. The molecule has 13 heteroatoms. The smallest absolute Gasteiger partial charge is 0.339 e. The molecule has 194 valence electrons. The minimum Gasteiger partial charge on any atom is -0.465 e. The maximum atomic E-state index is 12.8. The van der Waals surface area contributed by atoms with Crippen LogP contribution in [0.4, 0.5) is 16.2 Å². The second kappa shape index (κ2) is 10.9. The zero-order chi connectivity index (χ0) is 27.6. The molecule has 11 nitrogen and oxygen atoms in total. The molecule has 0 saturated carbocycles. The van der Waals surface area contributed by atoms with E-state index >= 15 is 0 Å². The zero-order valence-electron chi connectivity index (χ0n) is 19.8. The maximum Gasteiger partial charge on any atom is 0.339 e. The standard InChI is InChI=1S/C25H18ClN3O8S/c1-13-3-4-14(9-19(13)29(34)35)20-8-6-16(37-20)11-21-23(31)28(25(33)38-21)12-22(30)27-15-5-7-18(26)17(10-15)24(32)36-2/h3-11H,12H2,1-2H3,(H,27,30)/b21-11+. The quantitative estimate of drug-likeness (QED) is 0.178. The number of carbonyl (C=O) groups is 4. The molecule has 1 saturated heterocycles. The molecular weight excluding hydrogens is 538 g/mol. The molecule has 3 amide bonds. The van der Waals surface area contributed by atoms with Crippen molar-refractivity contribution in [2.24, 2.45) is 0 Å². The van der Waals surface area contributed by atoms with E-state index < -0.39 is 34.5 Å². The van der Waals surface area contributed by atoms with Crippen molar-refractivity contribution >= 4 is 63.8 Å². The minimum atomic E-state index is -0.691. The zero-order valence-corrected chi connectivity index (χ0v) is 21.4. The van der Waals surface area contributed by atoms with E-state index in [-0.39, 0.29) is 32.6 Å². The topological polar surface area (TPSA) is 149 Å². The SMILES string of the molecule is COC(=O)c1cc(NC(=O)CN2C(=O)S/C(=C/c3ccc(-c4ccc(C)c([N+](=O)[O-])c4)o3)C2=O)ccc1Cl. The lowest BCUT2D eigenvalue weighted by Crippen LogP contribution is -2.36. The van der Waals surface area contributed by atoms with Crippen molar-refractivity contribution in [3.05, 3.63) is 85.5 Å². The second-order valence-corrected chi connectivity index (χ2v) is 9.36. The number of amides is 3.